The number of hydrogen-bond acceptors (Lipinski definition) is 5. The zero-order valence-electron chi connectivity index (χ0n) is 18.7. The van der Waals surface area contributed by atoms with Crippen molar-refractivity contribution in [2.45, 2.75) is 57.5 Å². The molecule has 1 saturated heterocycles. The topological polar surface area (TPSA) is 73.6 Å². The molecule has 0 unspecified atom stereocenters. The predicted octanol–water partition coefficient (Wildman–Crippen LogP) is 4.93. The lowest BCUT2D eigenvalue weighted by molar-refractivity contribution is -0.127. The average Bonchev–Trinajstić information content (AvgIpc) is 3.44. The Kier molecular flexibility index (Phi) is 5.77. The molecule has 0 radical (unpaired) electrons. The summed E-state index contributed by atoms with van der Waals surface area (Å²) in [5.74, 6) is 2.28. The van der Waals surface area contributed by atoms with Crippen LogP contribution in [-0.2, 0) is 11.2 Å². The van der Waals surface area contributed by atoms with Crippen LogP contribution in [0.4, 0.5) is 0 Å². The number of piperidine rings is 1. The molecule has 1 N–H and O–H groups in total. The number of oxazole rings is 1. The summed E-state index contributed by atoms with van der Waals surface area (Å²) in [5.41, 5.74) is 3.90. The van der Waals surface area contributed by atoms with Crippen LogP contribution in [0, 0.1) is 12.8 Å². The lowest BCUT2D eigenvalue weighted by Crippen LogP contribution is -2.41. The highest BCUT2D eigenvalue weighted by molar-refractivity contribution is 5.80. The molecule has 5 rings (SSSR count). The van der Waals surface area contributed by atoms with E-state index < -0.39 is 0 Å². The molecule has 168 valence electrons. The van der Waals surface area contributed by atoms with Crippen molar-refractivity contribution in [1.29, 1.82) is 0 Å². The summed E-state index contributed by atoms with van der Waals surface area (Å²) >= 11 is 0. The third-order valence-electron chi connectivity index (χ3n) is 6.73. The zero-order chi connectivity index (χ0) is 22.1. The molecule has 6 heteroatoms. The first-order valence-electron chi connectivity index (χ1n) is 11.6. The molecule has 2 heterocycles. The van der Waals surface area contributed by atoms with E-state index in [0.29, 0.717) is 18.9 Å². The van der Waals surface area contributed by atoms with Gasteiger partial charge in [-0.05, 0) is 74.4 Å². The van der Waals surface area contributed by atoms with Crippen molar-refractivity contribution in [2.75, 3.05) is 13.7 Å². The Morgan fingerprint density at radius 2 is 1.97 bits per heavy atom. The summed E-state index contributed by atoms with van der Waals surface area (Å²) in [6, 6.07) is 12.1. The summed E-state index contributed by atoms with van der Waals surface area (Å²) < 4.78 is 17.8. The molecule has 1 aromatic heterocycles. The number of nitrogens with one attached hydrogen (secondary N) is 1. The summed E-state index contributed by atoms with van der Waals surface area (Å²) in [4.78, 5) is 17.2. The molecule has 2 aromatic carbocycles. The van der Waals surface area contributed by atoms with E-state index in [2.05, 4.69) is 22.4 Å². The minimum absolute atomic E-state index is 0.0654. The summed E-state index contributed by atoms with van der Waals surface area (Å²) in [6.07, 6.45) is 6.14. The van der Waals surface area contributed by atoms with Crippen LogP contribution in [0.1, 0.15) is 55.0 Å². The fourth-order valence-electron chi connectivity index (χ4n) is 4.93. The molecule has 0 bridgehead atoms. The lowest BCUT2D eigenvalue weighted by Gasteiger charge is -2.29. The first-order chi connectivity index (χ1) is 15.6. The Labute approximate surface area is 188 Å². The van der Waals surface area contributed by atoms with Crippen molar-refractivity contribution in [3.63, 3.8) is 0 Å². The predicted molar refractivity (Wildman–Crippen MR) is 122 cm³/mol. The third kappa shape index (κ3) is 4.31. The molecule has 2 fully saturated rings. The van der Waals surface area contributed by atoms with Gasteiger partial charge in [0.25, 0.3) is 0 Å². The van der Waals surface area contributed by atoms with Crippen LogP contribution in [0.15, 0.2) is 40.8 Å². The zero-order valence-corrected chi connectivity index (χ0v) is 18.7. The van der Waals surface area contributed by atoms with Crippen molar-refractivity contribution < 1.29 is 18.7 Å². The van der Waals surface area contributed by atoms with Crippen LogP contribution in [0.2, 0.25) is 0 Å². The Hall–Kier alpha value is -3.02. The number of carbonyl (C=O) groups excluding carboxylic acids is 1. The van der Waals surface area contributed by atoms with Gasteiger partial charge in [-0.15, -0.1) is 0 Å². The van der Waals surface area contributed by atoms with Gasteiger partial charge in [0.05, 0.1) is 13.2 Å². The van der Waals surface area contributed by atoms with E-state index in [1.54, 1.807) is 7.11 Å². The Morgan fingerprint density at radius 1 is 1.12 bits per heavy atom. The molecule has 1 saturated carbocycles. The fraction of sp³-hybridized carbons (Fsp3) is 0.462. The number of hydrogen-bond donors (Lipinski definition) is 1. The molecular weight excluding hydrogens is 404 g/mol. The number of aryl methyl sites for hydroxylation is 1. The highest BCUT2D eigenvalue weighted by Gasteiger charge is 2.31. The van der Waals surface area contributed by atoms with Gasteiger partial charge in [-0.2, -0.15) is 0 Å². The number of methoxy groups -OCH3 is 1. The molecule has 6 nitrogen and oxygen atoms in total. The maximum absolute atomic E-state index is 12.6. The number of fused-ring (bicyclic) bond motifs is 1. The van der Waals surface area contributed by atoms with Crippen molar-refractivity contribution in [1.82, 2.24) is 10.3 Å². The van der Waals surface area contributed by atoms with E-state index >= 15 is 0 Å². The van der Waals surface area contributed by atoms with Crippen LogP contribution < -0.4 is 14.8 Å². The second-order valence-electron chi connectivity index (χ2n) is 9.09. The van der Waals surface area contributed by atoms with E-state index in [1.165, 1.54) is 12.8 Å². The minimum atomic E-state index is -0.177. The van der Waals surface area contributed by atoms with E-state index in [4.69, 9.17) is 13.9 Å². The quantitative estimate of drug-likeness (QED) is 0.596. The molecular formula is C26H30N2O4. The second kappa shape index (κ2) is 8.85. The summed E-state index contributed by atoms with van der Waals surface area (Å²) in [5, 5.41) is 3.08. The van der Waals surface area contributed by atoms with Crippen LogP contribution in [0.5, 0.6) is 11.5 Å². The summed E-state index contributed by atoms with van der Waals surface area (Å²) in [6.45, 7) is 2.65. The van der Waals surface area contributed by atoms with Gasteiger partial charge in [0.15, 0.2) is 23.0 Å². The van der Waals surface area contributed by atoms with Crippen LogP contribution >= 0.6 is 0 Å². The normalized spacial score (nSPS) is 21.6. The minimum Gasteiger partial charge on any atom is -0.493 e. The molecule has 1 aliphatic carbocycles. The monoisotopic (exact) mass is 434 g/mol. The maximum Gasteiger partial charge on any atom is 0.223 e. The highest BCUT2D eigenvalue weighted by atomic mass is 16.5. The Bertz CT molecular complexity index is 1120. The molecule has 3 aromatic rings. The van der Waals surface area contributed by atoms with Gasteiger partial charge in [0.1, 0.15) is 5.52 Å². The number of carbonyl (C=O) groups is 1. The third-order valence-corrected chi connectivity index (χ3v) is 6.73. The van der Waals surface area contributed by atoms with Crippen LogP contribution in [0.25, 0.3) is 11.1 Å². The average molecular weight is 435 g/mol. The van der Waals surface area contributed by atoms with E-state index in [1.807, 2.05) is 31.2 Å². The Balaban J connectivity index is 1.33. The van der Waals surface area contributed by atoms with Crippen LogP contribution in [0.3, 0.4) is 0 Å². The first-order valence-corrected chi connectivity index (χ1v) is 11.6. The molecule has 2 atom stereocenters. The van der Waals surface area contributed by atoms with Gasteiger partial charge in [0, 0.05) is 24.8 Å². The van der Waals surface area contributed by atoms with Gasteiger partial charge >= 0.3 is 0 Å². The van der Waals surface area contributed by atoms with E-state index in [9.17, 15) is 4.79 Å². The number of ether oxygens (including phenoxy) is 2. The SMILES string of the molecule is COc1ccc([C@H]2CNC(=O)[C@@H](Cc3nc4ccc(C)cc4o3)C2)cc1OC1CCCC1. The van der Waals surface area contributed by atoms with Crippen molar-refractivity contribution >= 4 is 17.0 Å². The standard InChI is InChI=1S/C26H30N2O4/c1-16-7-9-21-23(11-16)32-25(28-21)14-18-12-19(15-27-26(18)29)17-8-10-22(30-2)24(13-17)31-20-5-3-4-6-20/h7-11,13,18-20H,3-6,12,14-15H2,1-2H3,(H,27,29)/t18-,19-/m1/s1. The van der Waals surface area contributed by atoms with Gasteiger partial charge in [-0.25, -0.2) is 4.98 Å². The summed E-state index contributed by atoms with van der Waals surface area (Å²) in [7, 11) is 1.68. The smallest absolute Gasteiger partial charge is 0.223 e. The van der Waals surface area contributed by atoms with Gasteiger partial charge in [0.2, 0.25) is 5.91 Å². The Morgan fingerprint density at radius 3 is 2.78 bits per heavy atom. The second-order valence-corrected chi connectivity index (χ2v) is 9.09. The van der Waals surface area contributed by atoms with E-state index in [0.717, 1.165) is 53.0 Å². The van der Waals surface area contributed by atoms with Gasteiger partial charge < -0.3 is 19.2 Å². The molecule has 1 amide bonds. The molecule has 1 aliphatic heterocycles. The number of nitrogens with zero attached hydrogens (tertiary/aromatic N) is 1. The number of aromatic nitrogens is 1. The number of benzene rings is 2. The highest BCUT2D eigenvalue weighted by Crippen LogP contribution is 2.37. The molecule has 32 heavy (non-hydrogen) atoms. The lowest BCUT2D eigenvalue weighted by atomic mass is 9.83. The maximum atomic E-state index is 12.6. The van der Waals surface area contributed by atoms with Gasteiger partial charge in [-0.1, -0.05) is 12.1 Å². The van der Waals surface area contributed by atoms with Crippen molar-refractivity contribution in [3.8, 4) is 11.5 Å². The van der Waals surface area contributed by atoms with Crippen molar-refractivity contribution in [3.05, 3.63) is 53.4 Å². The number of rotatable bonds is 6. The van der Waals surface area contributed by atoms with E-state index in [-0.39, 0.29) is 23.8 Å². The van der Waals surface area contributed by atoms with Gasteiger partial charge in [-0.3, -0.25) is 4.79 Å². The van der Waals surface area contributed by atoms with Crippen LogP contribution in [-0.4, -0.2) is 30.6 Å². The largest absolute Gasteiger partial charge is 0.493 e. The molecule has 2 aliphatic rings. The first kappa shape index (κ1) is 20.9. The fourth-order valence-corrected chi connectivity index (χ4v) is 4.93. The van der Waals surface area contributed by atoms with Crippen molar-refractivity contribution in [2.24, 2.45) is 5.92 Å². The molecule has 0 spiro atoms. The number of amides is 1.